The average Bonchev–Trinajstić information content (AvgIpc) is 2.46. The molecule has 1 rings (SSSR count). The first-order valence-electron chi connectivity index (χ1n) is 6.60. The average molecular weight is 293 g/mol. The van der Waals surface area contributed by atoms with E-state index in [1.54, 1.807) is 23.9 Å². The highest BCUT2D eigenvalue weighted by Crippen LogP contribution is 2.18. The molecule has 20 heavy (non-hydrogen) atoms. The molecule has 1 aromatic rings. The molecule has 0 aromatic heterocycles. The van der Waals surface area contributed by atoms with Crippen LogP contribution in [0.4, 0.5) is 4.39 Å². The van der Waals surface area contributed by atoms with Gasteiger partial charge < -0.3 is 10.6 Å². The quantitative estimate of drug-likeness (QED) is 0.267. The smallest absolute Gasteiger partial charge is 0.192 e. The lowest BCUT2D eigenvalue weighted by molar-refractivity contribution is 0.626. The molecule has 0 heterocycles. The maximum absolute atomic E-state index is 12.7. The van der Waals surface area contributed by atoms with Crippen molar-refractivity contribution in [3.05, 3.63) is 30.1 Å². The first kappa shape index (κ1) is 16.4. The highest BCUT2D eigenvalue weighted by atomic mass is 32.2. The van der Waals surface area contributed by atoms with Gasteiger partial charge >= 0.3 is 0 Å². The Labute approximate surface area is 124 Å². The molecule has 0 radical (unpaired) electrons. The molecule has 0 unspecified atom stereocenters. The number of terminal acetylenes is 1. The van der Waals surface area contributed by atoms with E-state index in [0.717, 1.165) is 36.1 Å². The van der Waals surface area contributed by atoms with Crippen LogP contribution in [0.3, 0.4) is 0 Å². The van der Waals surface area contributed by atoms with E-state index in [2.05, 4.69) is 21.5 Å². The number of hydrogen-bond acceptors (Lipinski definition) is 2. The van der Waals surface area contributed by atoms with Gasteiger partial charge in [0, 0.05) is 18.0 Å². The van der Waals surface area contributed by atoms with Gasteiger partial charge in [-0.15, -0.1) is 18.2 Å². The monoisotopic (exact) mass is 293 g/mol. The topological polar surface area (TPSA) is 36.4 Å². The van der Waals surface area contributed by atoms with Crippen molar-refractivity contribution in [2.45, 2.75) is 18.2 Å². The molecule has 0 saturated heterocycles. The zero-order chi connectivity index (χ0) is 14.6. The first-order valence-corrected chi connectivity index (χ1v) is 7.59. The highest BCUT2D eigenvalue weighted by molar-refractivity contribution is 7.99. The van der Waals surface area contributed by atoms with Crippen molar-refractivity contribution in [1.29, 1.82) is 0 Å². The van der Waals surface area contributed by atoms with E-state index in [4.69, 9.17) is 6.42 Å². The van der Waals surface area contributed by atoms with Crippen molar-refractivity contribution in [2.75, 3.05) is 25.4 Å². The number of halogens is 1. The summed E-state index contributed by atoms with van der Waals surface area (Å²) in [6, 6.07) is 6.55. The molecule has 0 saturated carbocycles. The van der Waals surface area contributed by atoms with Gasteiger partial charge in [-0.2, -0.15) is 0 Å². The zero-order valence-corrected chi connectivity index (χ0v) is 12.5. The van der Waals surface area contributed by atoms with Gasteiger partial charge in [-0.3, -0.25) is 4.99 Å². The van der Waals surface area contributed by atoms with E-state index >= 15 is 0 Å². The minimum atomic E-state index is -0.200. The van der Waals surface area contributed by atoms with Crippen LogP contribution in [0.1, 0.15) is 13.3 Å². The molecule has 2 N–H and O–H groups in total. The molecule has 0 amide bonds. The SMILES string of the molecule is C#CCNC(=NCCCSc1ccc(F)cc1)NCC. The second kappa shape index (κ2) is 10.2. The first-order chi connectivity index (χ1) is 9.76. The number of rotatable bonds is 7. The van der Waals surface area contributed by atoms with Crippen molar-refractivity contribution in [2.24, 2.45) is 4.99 Å². The molecule has 0 aliphatic heterocycles. The van der Waals surface area contributed by atoms with Gasteiger partial charge in [-0.1, -0.05) is 5.92 Å². The van der Waals surface area contributed by atoms with Crippen LogP contribution in [-0.4, -0.2) is 31.3 Å². The number of nitrogens with zero attached hydrogens (tertiary/aromatic N) is 1. The lowest BCUT2D eigenvalue weighted by Crippen LogP contribution is -2.37. The van der Waals surface area contributed by atoms with Gasteiger partial charge in [0.1, 0.15) is 5.82 Å². The van der Waals surface area contributed by atoms with Gasteiger partial charge in [0.05, 0.1) is 6.54 Å². The van der Waals surface area contributed by atoms with Crippen LogP contribution < -0.4 is 10.6 Å². The Kier molecular flexibility index (Phi) is 8.32. The Morgan fingerprint density at radius 3 is 2.75 bits per heavy atom. The van der Waals surface area contributed by atoms with Crippen LogP contribution in [0.25, 0.3) is 0 Å². The number of benzene rings is 1. The van der Waals surface area contributed by atoms with Crippen molar-refractivity contribution < 1.29 is 4.39 Å². The van der Waals surface area contributed by atoms with Crippen LogP contribution in [0.2, 0.25) is 0 Å². The van der Waals surface area contributed by atoms with E-state index in [0.29, 0.717) is 6.54 Å². The second-order valence-electron chi connectivity index (χ2n) is 3.97. The van der Waals surface area contributed by atoms with E-state index in [9.17, 15) is 4.39 Å². The van der Waals surface area contributed by atoms with Gasteiger partial charge in [0.15, 0.2) is 5.96 Å². The molecule has 0 atom stereocenters. The Morgan fingerprint density at radius 2 is 2.10 bits per heavy atom. The fourth-order valence-electron chi connectivity index (χ4n) is 1.45. The number of nitrogens with one attached hydrogen (secondary N) is 2. The molecule has 0 fully saturated rings. The Hall–Kier alpha value is -1.67. The van der Waals surface area contributed by atoms with E-state index < -0.39 is 0 Å². The summed E-state index contributed by atoms with van der Waals surface area (Å²) in [5, 5.41) is 6.17. The lowest BCUT2D eigenvalue weighted by atomic mass is 10.4. The predicted octanol–water partition coefficient (Wildman–Crippen LogP) is 2.50. The normalized spacial score (nSPS) is 10.9. The maximum atomic E-state index is 12.7. The third-order valence-corrected chi connectivity index (χ3v) is 3.46. The maximum Gasteiger partial charge on any atom is 0.192 e. The minimum absolute atomic E-state index is 0.200. The van der Waals surface area contributed by atoms with Gasteiger partial charge in [0.25, 0.3) is 0 Å². The zero-order valence-electron chi connectivity index (χ0n) is 11.7. The van der Waals surface area contributed by atoms with Gasteiger partial charge in [0.2, 0.25) is 0 Å². The van der Waals surface area contributed by atoms with Crippen LogP contribution in [0.15, 0.2) is 34.2 Å². The number of guanidine groups is 1. The van der Waals surface area contributed by atoms with E-state index in [1.165, 1.54) is 12.1 Å². The van der Waals surface area contributed by atoms with Crippen molar-refractivity contribution in [3.8, 4) is 12.3 Å². The molecule has 0 aliphatic carbocycles. The van der Waals surface area contributed by atoms with Crippen molar-refractivity contribution in [1.82, 2.24) is 10.6 Å². The van der Waals surface area contributed by atoms with Crippen molar-refractivity contribution >= 4 is 17.7 Å². The largest absolute Gasteiger partial charge is 0.357 e. The highest BCUT2D eigenvalue weighted by Gasteiger charge is 1.96. The molecule has 5 heteroatoms. The minimum Gasteiger partial charge on any atom is -0.357 e. The summed E-state index contributed by atoms with van der Waals surface area (Å²) in [7, 11) is 0. The van der Waals surface area contributed by atoms with Crippen LogP contribution in [-0.2, 0) is 0 Å². The molecule has 0 aliphatic rings. The van der Waals surface area contributed by atoms with Gasteiger partial charge in [-0.25, -0.2) is 4.39 Å². The molecular formula is C15H20FN3S. The summed E-state index contributed by atoms with van der Waals surface area (Å²) in [6.07, 6.45) is 6.15. The lowest BCUT2D eigenvalue weighted by Gasteiger charge is -2.08. The predicted molar refractivity (Wildman–Crippen MR) is 84.6 cm³/mol. The number of thioether (sulfide) groups is 1. The number of hydrogen-bond donors (Lipinski definition) is 2. The Balaban J connectivity index is 2.24. The Morgan fingerprint density at radius 1 is 1.35 bits per heavy atom. The van der Waals surface area contributed by atoms with Crippen LogP contribution >= 0.6 is 11.8 Å². The van der Waals surface area contributed by atoms with Gasteiger partial charge in [-0.05, 0) is 43.4 Å². The Bertz CT molecular complexity index is 451. The van der Waals surface area contributed by atoms with E-state index in [1.807, 2.05) is 6.92 Å². The summed E-state index contributed by atoms with van der Waals surface area (Å²) in [6.45, 7) is 4.02. The fraction of sp³-hybridized carbons (Fsp3) is 0.400. The molecule has 0 spiro atoms. The summed E-state index contributed by atoms with van der Waals surface area (Å²) in [4.78, 5) is 5.50. The third-order valence-electron chi connectivity index (χ3n) is 2.36. The van der Waals surface area contributed by atoms with Crippen molar-refractivity contribution in [3.63, 3.8) is 0 Å². The molecule has 108 valence electrons. The standard InChI is InChI=1S/C15H20FN3S/c1-3-10-18-15(17-4-2)19-11-5-12-20-14-8-6-13(16)7-9-14/h1,6-9H,4-5,10-12H2,2H3,(H2,17,18,19). The second-order valence-corrected chi connectivity index (χ2v) is 5.14. The molecule has 0 bridgehead atoms. The van der Waals surface area contributed by atoms with E-state index in [-0.39, 0.29) is 5.82 Å². The molecule has 3 nitrogen and oxygen atoms in total. The number of aliphatic imine (C=N–C) groups is 1. The van der Waals surface area contributed by atoms with Crippen LogP contribution in [0.5, 0.6) is 0 Å². The fourth-order valence-corrected chi connectivity index (χ4v) is 2.29. The van der Waals surface area contributed by atoms with Crippen LogP contribution in [0, 0.1) is 18.2 Å². The summed E-state index contributed by atoms with van der Waals surface area (Å²) < 4.78 is 12.7. The molecule has 1 aromatic carbocycles. The summed E-state index contributed by atoms with van der Waals surface area (Å²) in [5.41, 5.74) is 0. The summed E-state index contributed by atoms with van der Waals surface area (Å²) >= 11 is 1.70. The third kappa shape index (κ3) is 7.05. The molecular weight excluding hydrogens is 273 g/mol. The summed E-state index contributed by atoms with van der Waals surface area (Å²) in [5.74, 6) is 4.01.